The van der Waals surface area contributed by atoms with Gasteiger partial charge >= 0.3 is 5.97 Å². The van der Waals surface area contributed by atoms with Crippen LogP contribution in [-0.2, 0) is 27.2 Å². The van der Waals surface area contributed by atoms with Crippen LogP contribution in [0.1, 0.15) is 108 Å². The monoisotopic (exact) mass is 703 g/mol. The van der Waals surface area contributed by atoms with E-state index in [2.05, 4.69) is 53.1 Å². The lowest BCUT2D eigenvalue weighted by Gasteiger charge is -2.37. The molecular weight excluding hydrogens is 646 g/mol. The van der Waals surface area contributed by atoms with Gasteiger partial charge in [-0.3, -0.25) is 14.6 Å². The number of anilines is 2. The van der Waals surface area contributed by atoms with Gasteiger partial charge < -0.3 is 9.64 Å². The van der Waals surface area contributed by atoms with Gasteiger partial charge in [0, 0.05) is 60.6 Å². The van der Waals surface area contributed by atoms with E-state index in [1.54, 1.807) is 28.4 Å². The Kier molecular flexibility index (Phi) is 15.2. The fraction of sp³-hybridized carbons (Fsp3) is 0.571. The van der Waals surface area contributed by atoms with Crippen molar-refractivity contribution in [3.05, 3.63) is 70.9 Å². The molecule has 0 aliphatic carbocycles. The number of amides is 1. The molecule has 0 radical (unpaired) electrons. The number of nitrogens with zero attached hydrogens (tertiary/aromatic N) is 3. The van der Waals surface area contributed by atoms with E-state index in [0.29, 0.717) is 19.3 Å². The number of esters is 1. The third-order valence-electron chi connectivity index (χ3n) is 10.5. The number of aryl methyl sites for hydroxylation is 1. The van der Waals surface area contributed by atoms with Crippen LogP contribution in [0, 0.1) is 5.82 Å². The van der Waals surface area contributed by atoms with Crippen LogP contribution in [0.5, 0.6) is 0 Å². The highest BCUT2D eigenvalue weighted by atomic mass is 32.1. The molecule has 0 spiro atoms. The van der Waals surface area contributed by atoms with E-state index in [1.165, 1.54) is 57.6 Å². The van der Waals surface area contributed by atoms with E-state index >= 15 is 0 Å². The molecule has 3 heterocycles. The third kappa shape index (κ3) is 10.6. The highest BCUT2D eigenvalue weighted by Crippen LogP contribution is 2.34. The van der Waals surface area contributed by atoms with Crippen molar-refractivity contribution in [3.8, 4) is 0 Å². The van der Waals surface area contributed by atoms with Crippen LogP contribution in [0.2, 0.25) is 0 Å². The van der Waals surface area contributed by atoms with Crippen molar-refractivity contribution >= 4 is 44.7 Å². The summed E-state index contributed by atoms with van der Waals surface area (Å²) in [5.41, 5.74) is 4.16. The highest BCUT2D eigenvalue weighted by Gasteiger charge is 2.35. The van der Waals surface area contributed by atoms with Crippen molar-refractivity contribution in [2.24, 2.45) is 0 Å². The average Bonchev–Trinajstić information content (AvgIpc) is 3.61. The van der Waals surface area contributed by atoms with Crippen LogP contribution in [-0.4, -0.2) is 62.7 Å². The smallest absolute Gasteiger partial charge is 0.328 e. The van der Waals surface area contributed by atoms with E-state index < -0.39 is 6.04 Å². The summed E-state index contributed by atoms with van der Waals surface area (Å²) in [5, 5.41) is 3.16. The summed E-state index contributed by atoms with van der Waals surface area (Å²) in [5.74, 6) is -0.497. The second-order valence-electron chi connectivity index (χ2n) is 14.1. The Morgan fingerprint density at radius 2 is 1.60 bits per heavy atom. The molecule has 3 aromatic rings. The zero-order valence-corrected chi connectivity index (χ0v) is 31.3. The first-order valence-electron chi connectivity index (χ1n) is 19.3. The van der Waals surface area contributed by atoms with E-state index in [-0.39, 0.29) is 17.7 Å². The number of allylic oxidation sites excluding steroid dienone is 2. The number of fused-ring (bicyclic) bond motifs is 2. The molecule has 5 rings (SSSR count). The molecule has 1 amide bonds. The molecule has 0 saturated carbocycles. The summed E-state index contributed by atoms with van der Waals surface area (Å²) in [7, 11) is 1.43. The number of hydrogen-bond donors (Lipinski definition) is 0. The lowest BCUT2D eigenvalue weighted by atomic mass is 9.95. The number of hydrogen-bond acceptors (Lipinski definition) is 6. The Morgan fingerprint density at radius 3 is 2.34 bits per heavy atom. The lowest BCUT2D eigenvalue weighted by Crippen LogP contribution is -2.48. The minimum atomic E-state index is -0.593. The molecular formula is C42H58FN3O3S. The van der Waals surface area contributed by atoms with Gasteiger partial charge in [-0.15, -0.1) is 11.3 Å². The number of benzene rings is 2. The first kappa shape index (κ1) is 38.0. The van der Waals surface area contributed by atoms with Crippen molar-refractivity contribution in [3.63, 3.8) is 0 Å². The number of carbonyl (C=O) groups excluding carboxylic acids is 2. The number of rotatable bonds is 20. The molecule has 1 aromatic heterocycles. The van der Waals surface area contributed by atoms with Crippen molar-refractivity contribution in [1.82, 2.24) is 4.90 Å². The standard InChI is InChI=1S/C42H58FN3O3S/c1-3-4-5-6-7-8-9-10-11-12-13-14-15-16-17-37(42(48)49-2)46-38-30-33(18-19-34(38)20-21-41(46)47)22-24-44-25-27-45(28-26-44)39-31-35(43)32-40-36(39)23-29-50-40/h10-11,18-19,23,29-32,37H,3-9,12-17,20-22,24-28H2,1-2H3/b11-10-. The topological polar surface area (TPSA) is 53.1 Å². The molecule has 50 heavy (non-hydrogen) atoms. The summed E-state index contributed by atoms with van der Waals surface area (Å²) in [6, 6.07) is 11.3. The number of piperazine rings is 1. The SMILES string of the molecule is CCCCCCCC/C=C\CCCCCCC(C(=O)OC)N1C(=O)CCc2ccc(CCN3CCN(c4cc(F)cc5sccc45)CC3)cc21. The molecule has 2 aliphatic rings. The zero-order valence-electron chi connectivity index (χ0n) is 30.5. The van der Waals surface area contributed by atoms with E-state index in [9.17, 15) is 14.0 Å². The summed E-state index contributed by atoms with van der Waals surface area (Å²) in [6.45, 7) is 6.72. The normalized spacial score (nSPS) is 16.0. The quantitative estimate of drug-likeness (QED) is 0.0666. The fourth-order valence-electron chi connectivity index (χ4n) is 7.54. The van der Waals surface area contributed by atoms with Gasteiger partial charge in [0.15, 0.2) is 0 Å². The van der Waals surface area contributed by atoms with Crippen LogP contribution < -0.4 is 9.80 Å². The Hall–Kier alpha value is -3.23. The molecule has 1 unspecified atom stereocenters. The minimum Gasteiger partial charge on any atom is -0.467 e. The first-order chi connectivity index (χ1) is 24.5. The maximum absolute atomic E-state index is 14.3. The number of halogens is 1. The van der Waals surface area contributed by atoms with E-state index in [0.717, 1.165) is 98.3 Å². The summed E-state index contributed by atoms with van der Waals surface area (Å²) >= 11 is 1.58. The molecule has 2 aromatic carbocycles. The first-order valence-corrected chi connectivity index (χ1v) is 20.2. The Morgan fingerprint density at radius 1 is 0.880 bits per heavy atom. The van der Waals surface area contributed by atoms with Crippen LogP contribution in [0.4, 0.5) is 15.8 Å². The van der Waals surface area contributed by atoms with Crippen molar-refractivity contribution < 1.29 is 18.7 Å². The van der Waals surface area contributed by atoms with Gasteiger partial charge in [0.1, 0.15) is 11.9 Å². The number of ether oxygens (including phenoxy) is 1. The molecule has 6 nitrogen and oxygen atoms in total. The second-order valence-corrected chi connectivity index (χ2v) is 15.1. The molecule has 1 fully saturated rings. The number of methoxy groups -OCH3 is 1. The van der Waals surface area contributed by atoms with Crippen LogP contribution >= 0.6 is 11.3 Å². The number of carbonyl (C=O) groups is 2. The van der Waals surface area contributed by atoms with E-state index in [4.69, 9.17) is 4.74 Å². The van der Waals surface area contributed by atoms with Gasteiger partial charge in [-0.05, 0) is 85.7 Å². The number of unbranched alkanes of at least 4 members (excludes halogenated alkanes) is 10. The lowest BCUT2D eigenvalue weighted by molar-refractivity contribution is -0.143. The van der Waals surface area contributed by atoms with Crippen LogP contribution in [0.3, 0.4) is 0 Å². The molecule has 1 atom stereocenters. The van der Waals surface area contributed by atoms with Crippen molar-refractivity contribution in [2.45, 2.75) is 116 Å². The third-order valence-corrected chi connectivity index (χ3v) is 11.4. The van der Waals surface area contributed by atoms with Gasteiger partial charge in [-0.1, -0.05) is 82.6 Å². The largest absolute Gasteiger partial charge is 0.467 e. The predicted octanol–water partition coefficient (Wildman–Crippen LogP) is 9.87. The molecule has 1 saturated heterocycles. The molecule has 0 N–H and O–H groups in total. The highest BCUT2D eigenvalue weighted by molar-refractivity contribution is 7.17. The van der Waals surface area contributed by atoms with Crippen molar-refractivity contribution in [1.29, 1.82) is 0 Å². The van der Waals surface area contributed by atoms with Gasteiger partial charge in [-0.2, -0.15) is 0 Å². The summed E-state index contributed by atoms with van der Waals surface area (Å²) in [6.07, 6.45) is 21.8. The molecule has 272 valence electrons. The maximum atomic E-state index is 14.3. The maximum Gasteiger partial charge on any atom is 0.328 e. The Labute approximate surface area is 303 Å². The zero-order chi connectivity index (χ0) is 35.1. The van der Waals surface area contributed by atoms with Crippen LogP contribution in [0.25, 0.3) is 10.1 Å². The van der Waals surface area contributed by atoms with Gasteiger partial charge in [0.25, 0.3) is 0 Å². The predicted molar refractivity (Wildman–Crippen MR) is 207 cm³/mol. The van der Waals surface area contributed by atoms with Gasteiger partial charge in [-0.25, -0.2) is 9.18 Å². The summed E-state index contributed by atoms with van der Waals surface area (Å²) < 4.78 is 20.6. The minimum absolute atomic E-state index is 0.00810. The van der Waals surface area contributed by atoms with E-state index in [1.807, 2.05) is 5.38 Å². The summed E-state index contributed by atoms with van der Waals surface area (Å²) in [4.78, 5) is 33.0. The molecule has 2 aliphatic heterocycles. The fourth-order valence-corrected chi connectivity index (χ4v) is 8.37. The van der Waals surface area contributed by atoms with Gasteiger partial charge in [0.05, 0.1) is 7.11 Å². The Balaban J connectivity index is 1.09. The number of thiophene rings is 1. The molecule has 8 heteroatoms. The second kappa shape index (κ2) is 20.0. The van der Waals surface area contributed by atoms with Crippen molar-refractivity contribution in [2.75, 3.05) is 49.6 Å². The van der Waals surface area contributed by atoms with Gasteiger partial charge in [0.2, 0.25) is 5.91 Å². The van der Waals surface area contributed by atoms with Crippen LogP contribution in [0.15, 0.2) is 53.9 Å². The average molecular weight is 704 g/mol. The molecule has 0 bridgehead atoms. The Bertz CT molecular complexity index is 1550.